The Bertz CT molecular complexity index is 1550. The van der Waals surface area contributed by atoms with E-state index in [0.717, 1.165) is 18.9 Å². The Morgan fingerprint density at radius 3 is 2.27 bits per heavy atom. The highest BCUT2D eigenvalue weighted by molar-refractivity contribution is 6.32. The van der Waals surface area contributed by atoms with E-state index in [0.29, 0.717) is 45.0 Å². The van der Waals surface area contributed by atoms with Gasteiger partial charge in [-0.1, -0.05) is 17.7 Å². The van der Waals surface area contributed by atoms with E-state index in [9.17, 15) is 14.3 Å². The molecule has 0 amide bonds. The molecule has 2 aromatic heterocycles. The molecule has 0 spiro atoms. The summed E-state index contributed by atoms with van der Waals surface area (Å²) in [7, 11) is 3.85. The summed E-state index contributed by atoms with van der Waals surface area (Å²) in [5, 5.41) is 11.6. The number of anilines is 1. The Hall–Kier alpha value is -3.62. The number of aromatic nitrogens is 3. The number of halogens is 2. The fourth-order valence-corrected chi connectivity index (χ4v) is 5.89. The normalized spacial score (nSPS) is 19.5. The largest absolute Gasteiger partial charge is 0.507 e. The summed E-state index contributed by atoms with van der Waals surface area (Å²) in [6.07, 6.45) is 7.36. The van der Waals surface area contributed by atoms with Gasteiger partial charge in [0.25, 0.3) is 0 Å². The van der Waals surface area contributed by atoms with E-state index in [1.54, 1.807) is 49.9 Å². The third kappa shape index (κ3) is 4.10. The molecule has 0 saturated carbocycles. The lowest BCUT2D eigenvalue weighted by Gasteiger charge is -2.39. The quantitative estimate of drug-likeness (QED) is 0.424. The predicted octanol–water partition coefficient (Wildman–Crippen LogP) is 4.69. The lowest BCUT2D eigenvalue weighted by Crippen LogP contribution is -2.52. The standard InChI is InChI=1S/C28H27ClFN5O2/c1-32-9-10-35(28(32)37)25-6-3-17(11-24(25)29)22-13-19(30)14-23(27(22)36)18-7-8-31-26(12-18)34-15-20-4-5-21(16-34)33(20)2/h3,6-14,20-21,36H,4-5,15-16H2,1-2H3. The summed E-state index contributed by atoms with van der Waals surface area (Å²) in [5.74, 6) is 0.310. The number of aromatic hydroxyl groups is 1. The number of likely N-dealkylation sites (N-methyl/N-ethyl adjacent to an activating group) is 1. The molecule has 0 aliphatic carbocycles. The van der Waals surface area contributed by atoms with Gasteiger partial charge in [0.05, 0.1) is 10.7 Å². The molecular weight excluding hydrogens is 493 g/mol. The van der Waals surface area contributed by atoms with Gasteiger partial charge >= 0.3 is 5.69 Å². The van der Waals surface area contributed by atoms with E-state index >= 15 is 0 Å². The molecule has 4 heterocycles. The molecule has 4 aromatic rings. The van der Waals surface area contributed by atoms with Gasteiger partial charge in [-0.05, 0) is 67.4 Å². The van der Waals surface area contributed by atoms with Gasteiger partial charge in [0, 0.05) is 61.9 Å². The van der Waals surface area contributed by atoms with Crippen molar-refractivity contribution in [3.05, 3.63) is 82.4 Å². The number of hydrogen-bond donors (Lipinski definition) is 1. The highest BCUT2D eigenvalue weighted by Crippen LogP contribution is 2.41. The number of phenolic OH excluding ortho intramolecular Hbond substituents is 1. The van der Waals surface area contributed by atoms with Crippen molar-refractivity contribution in [2.45, 2.75) is 24.9 Å². The van der Waals surface area contributed by atoms with Gasteiger partial charge in [-0.15, -0.1) is 0 Å². The summed E-state index contributed by atoms with van der Waals surface area (Å²) >= 11 is 6.53. The number of hydrogen-bond acceptors (Lipinski definition) is 5. The Morgan fingerprint density at radius 1 is 0.973 bits per heavy atom. The zero-order valence-electron chi connectivity index (χ0n) is 20.6. The van der Waals surface area contributed by atoms with E-state index in [2.05, 4.69) is 21.8 Å². The zero-order valence-corrected chi connectivity index (χ0v) is 21.4. The van der Waals surface area contributed by atoms with Crippen LogP contribution < -0.4 is 10.6 Å². The predicted molar refractivity (Wildman–Crippen MR) is 143 cm³/mol. The van der Waals surface area contributed by atoms with Gasteiger partial charge in [-0.2, -0.15) is 0 Å². The van der Waals surface area contributed by atoms with Gasteiger partial charge in [0.15, 0.2) is 0 Å². The van der Waals surface area contributed by atoms with Crippen molar-refractivity contribution < 1.29 is 9.50 Å². The van der Waals surface area contributed by atoms with Crippen molar-refractivity contribution in [2.75, 3.05) is 25.0 Å². The minimum atomic E-state index is -0.474. The van der Waals surface area contributed by atoms with Crippen LogP contribution in [-0.2, 0) is 7.05 Å². The van der Waals surface area contributed by atoms with Gasteiger partial charge in [0.2, 0.25) is 0 Å². The number of aryl methyl sites for hydroxylation is 1. The number of nitrogens with zero attached hydrogens (tertiary/aromatic N) is 5. The minimum absolute atomic E-state index is 0.0438. The van der Waals surface area contributed by atoms with Crippen molar-refractivity contribution in [1.29, 1.82) is 0 Å². The monoisotopic (exact) mass is 519 g/mol. The molecule has 1 N–H and O–H groups in total. The molecule has 2 bridgehead atoms. The summed E-state index contributed by atoms with van der Waals surface area (Å²) in [4.78, 5) is 21.7. The van der Waals surface area contributed by atoms with Crippen LogP contribution in [0.25, 0.3) is 27.9 Å². The van der Waals surface area contributed by atoms with Crippen LogP contribution in [0.4, 0.5) is 10.2 Å². The molecule has 2 aliphatic heterocycles. The van der Waals surface area contributed by atoms with Gasteiger partial charge in [0.1, 0.15) is 17.4 Å². The van der Waals surface area contributed by atoms with Crippen molar-refractivity contribution in [3.63, 3.8) is 0 Å². The third-order valence-corrected chi connectivity index (χ3v) is 8.07. The van der Waals surface area contributed by atoms with Crippen molar-refractivity contribution >= 4 is 17.4 Å². The van der Waals surface area contributed by atoms with Crippen LogP contribution in [0, 0.1) is 5.82 Å². The topological polar surface area (TPSA) is 66.5 Å². The summed E-state index contributed by atoms with van der Waals surface area (Å²) in [6, 6.07) is 12.4. The number of pyridine rings is 1. The van der Waals surface area contributed by atoms with Crippen molar-refractivity contribution in [3.8, 4) is 33.7 Å². The second-order valence-electron chi connectivity index (χ2n) is 9.94. The van der Waals surface area contributed by atoms with E-state index < -0.39 is 5.82 Å². The maximum atomic E-state index is 14.9. The van der Waals surface area contributed by atoms with Crippen LogP contribution >= 0.6 is 11.6 Å². The van der Waals surface area contributed by atoms with Crippen molar-refractivity contribution in [1.82, 2.24) is 19.0 Å². The maximum absolute atomic E-state index is 14.9. The van der Waals surface area contributed by atoms with Crippen LogP contribution in [0.15, 0.2) is 65.8 Å². The second kappa shape index (κ2) is 9.04. The van der Waals surface area contributed by atoms with E-state index in [-0.39, 0.29) is 11.4 Å². The SMILES string of the molecule is CN1C2CCC1CN(c1cc(-c3cc(F)cc(-c4ccc(-n5ccn(C)c5=O)c(Cl)c4)c3O)ccn1)C2. The first-order chi connectivity index (χ1) is 17.8. The molecule has 37 heavy (non-hydrogen) atoms. The zero-order chi connectivity index (χ0) is 25.8. The average molecular weight is 520 g/mol. The molecule has 9 heteroatoms. The molecule has 6 rings (SSSR count). The number of benzene rings is 2. The molecule has 2 aliphatic rings. The fourth-order valence-electron chi connectivity index (χ4n) is 5.62. The minimum Gasteiger partial charge on any atom is -0.507 e. The first-order valence-corrected chi connectivity index (χ1v) is 12.7. The number of piperazine rings is 1. The van der Waals surface area contributed by atoms with Gasteiger partial charge < -0.3 is 14.6 Å². The van der Waals surface area contributed by atoms with Gasteiger partial charge in [-0.25, -0.2) is 14.2 Å². The molecule has 2 aromatic carbocycles. The average Bonchev–Trinajstić information content (AvgIpc) is 3.30. The molecule has 2 unspecified atom stereocenters. The second-order valence-corrected chi connectivity index (χ2v) is 10.3. The Balaban J connectivity index is 1.36. The summed E-state index contributed by atoms with van der Waals surface area (Å²) in [6.45, 7) is 1.80. The lowest BCUT2D eigenvalue weighted by atomic mass is 9.97. The molecule has 2 fully saturated rings. The van der Waals surface area contributed by atoms with E-state index in [4.69, 9.17) is 11.6 Å². The molecular formula is C28H27ClFN5O2. The third-order valence-electron chi connectivity index (χ3n) is 7.77. The van der Waals surface area contributed by atoms with Crippen molar-refractivity contribution in [2.24, 2.45) is 7.05 Å². The number of phenols is 1. The first kappa shape index (κ1) is 23.8. The number of imidazole rings is 1. The lowest BCUT2D eigenvalue weighted by molar-refractivity contribution is 0.212. The number of fused-ring (bicyclic) bond motifs is 2. The summed E-state index contributed by atoms with van der Waals surface area (Å²) < 4.78 is 17.8. The molecule has 7 nitrogen and oxygen atoms in total. The highest BCUT2D eigenvalue weighted by atomic mass is 35.5. The van der Waals surface area contributed by atoms with Crippen LogP contribution in [0.2, 0.25) is 5.02 Å². The van der Waals surface area contributed by atoms with Crippen LogP contribution in [0.5, 0.6) is 5.75 Å². The fraction of sp³-hybridized carbons (Fsp3) is 0.286. The maximum Gasteiger partial charge on any atom is 0.332 e. The van der Waals surface area contributed by atoms with Crippen LogP contribution in [-0.4, -0.2) is 56.3 Å². The Morgan fingerprint density at radius 2 is 1.65 bits per heavy atom. The smallest absolute Gasteiger partial charge is 0.332 e. The Labute approximate surface area is 219 Å². The van der Waals surface area contributed by atoms with Crippen LogP contribution in [0.3, 0.4) is 0 Å². The van der Waals surface area contributed by atoms with Gasteiger partial charge in [-0.3, -0.25) is 9.47 Å². The number of rotatable bonds is 4. The van der Waals surface area contributed by atoms with E-state index in [1.165, 1.54) is 34.1 Å². The van der Waals surface area contributed by atoms with Crippen LogP contribution in [0.1, 0.15) is 12.8 Å². The first-order valence-electron chi connectivity index (χ1n) is 12.3. The highest BCUT2D eigenvalue weighted by Gasteiger charge is 2.37. The molecule has 0 radical (unpaired) electrons. The van der Waals surface area contributed by atoms with E-state index in [1.807, 2.05) is 6.07 Å². The molecule has 2 atom stereocenters. The Kier molecular flexibility index (Phi) is 5.81. The molecule has 2 saturated heterocycles. The molecule has 190 valence electrons. The summed E-state index contributed by atoms with van der Waals surface area (Å²) in [5.41, 5.74) is 2.21.